The number of thiazole rings is 1. The van der Waals surface area contributed by atoms with Crippen molar-refractivity contribution in [2.24, 2.45) is 0 Å². The number of hydrogen-bond donors (Lipinski definition) is 1. The second-order valence-electron chi connectivity index (χ2n) is 4.60. The number of hydrogen-bond acceptors (Lipinski definition) is 5. The van der Waals surface area contributed by atoms with Crippen molar-refractivity contribution in [1.29, 1.82) is 0 Å². The van der Waals surface area contributed by atoms with Gasteiger partial charge in [0.2, 0.25) is 0 Å². The SMILES string of the molecule is Cc1ccc(CSc2cnc(Nc3ccccn3)s2)cc1. The van der Waals surface area contributed by atoms with Gasteiger partial charge in [-0.05, 0) is 24.6 Å². The predicted octanol–water partition coefficient (Wildman–Crippen LogP) is 4.88. The molecule has 5 heteroatoms. The van der Waals surface area contributed by atoms with Crippen LogP contribution in [-0.4, -0.2) is 9.97 Å². The number of pyridine rings is 1. The van der Waals surface area contributed by atoms with Gasteiger partial charge in [-0.25, -0.2) is 9.97 Å². The van der Waals surface area contributed by atoms with Gasteiger partial charge in [0.25, 0.3) is 0 Å². The molecule has 3 nitrogen and oxygen atoms in total. The minimum atomic E-state index is 0.821. The maximum atomic E-state index is 4.38. The molecule has 0 aliphatic heterocycles. The molecule has 2 heterocycles. The Labute approximate surface area is 132 Å². The lowest BCUT2D eigenvalue weighted by atomic mass is 10.2. The summed E-state index contributed by atoms with van der Waals surface area (Å²) in [6.07, 6.45) is 3.68. The number of nitrogens with one attached hydrogen (secondary N) is 1. The number of thioether (sulfide) groups is 1. The number of aryl methyl sites for hydroxylation is 1. The van der Waals surface area contributed by atoms with Crippen LogP contribution in [0.4, 0.5) is 10.9 Å². The molecule has 1 N–H and O–H groups in total. The van der Waals surface area contributed by atoms with E-state index in [1.807, 2.05) is 24.4 Å². The zero-order valence-corrected chi connectivity index (χ0v) is 13.2. The minimum absolute atomic E-state index is 0.821. The summed E-state index contributed by atoms with van der Waals surface area (Å²) in [5, 5.41) is 4.09. The summed E-state index contributed by atoms with van der Waals surface area (Å²) in [5.41, 5.74) is 2.63. The Kier molecular flexibility index (Phi) is 4.52. The van der Waals surface area contributed by atoms with Crippen LogP contribution in [0.2, 0.25) is 0 Å². The van der Waals surface area contributed by atoms with Gasteiger partial charge in [-0.15, -0.1) is 11.8 Å². The smallest absolute Gasteiger partial charge is 0.189 e. The van der Waals surface area contributed by atoms with Crippen molar-refractivity contribution in [3.8, 4) is 0 Å². The van der Waals surface area contributed by atoms with E-state index >= 15 is 0 Å². The Bertz CT molecular complexity index is 693. The highest BCUT2D eigenvalue weighted by molar-refractivity contribution is 8.00. The largest absolute Gasteiger partial charge is 0.316 e. The molecule has 0 atom stereocenters. The normalized spacial score (nSPS) is 10.5. The van der Waals surface area contributed by atoms with E-state index in [0.717, 1.165) is 16.7 Å². The molecule has 0 fully saturated rings. The Morgan fingerprint density at radius 1 is 1.10 bits per heavy atom. The molecule has 0 amide bonds. The average Bonchev–Trinajstić information content (AvgIpc) is 2.95. The van der Waals surface area contributed by atoms with Crippen molar-refractivity contribution in [1.82, 2.24) is 9.97 Å². The predicted molar refractivity (Wildman–Crippen MR) is 90.4 cm³/mol. The third-order valence-corrected chi connectivity index (χ3v) is 5.06. The topological polar surface area (TPSA) is 37.8 Å². The first-order valence-corrected chi connectivity index (χ1v) is 8.42. The van der Waals surface area contributed by atoms with Gasteiger partial charge in [0.1, 0.15) is 5.82 Å². The quantitative estimate of drug-likeness (QED) is 0.681. The van der Waals surface area contributed by atoms with Gasteiger partial charge < -0.3 is 5.32 Å². The lowest BCUT2D eigenvalue weighted by Gasteiger charge is -2.00. The van der Waals surface area contributed by atoms with Crippen LogP contribution in [0.1, 0.15) is 11.1 Å². The molecule has 0 saturated carbocycles. The highest BCUT2D eigenvalue weighted by Crippen LogP contribution is 2.31. The van der Waals surface area contributed by atoms with Gasteiger partial charge >= 0.3 is 0 Å². The van der Waals surface area contributed by atoms with Gasteiger partial charge in [0, 0.05) is 11.9 Å². The third kappa shape index (κ3) is 4.06. The molecule has 0 radical (unpaired) electrons. The summed E-state index contributed by atoms with van der Waals surface area (Å²) in [7, 11) is 0. The van der Waals surface area contributed by atoms with Gasteiger partial charge in [-0.2, -0.15) is 0 Å². The van der Waals surface area contributed by atoms with Crippen LogP contribution in [-0.2, 0) is 5.75 Å². The Hall–Kier alpha value is -1.85. The standard InChI is InChI=1S/C16H15N3S2/c1-12-5-7-13(8-6-12)11-20-15-10-18-16(21-15)19-14-4-2-3-9-17-14/h2-10H,11H2,1H3,(H,17,18,19). The van der Waals surface area contributed by atoms with Crippen molar-refractivity contribution in [2.45, 2.75) is 16.9 Å². The van der Waals surface area contributed by atoms with E-state index in [-0.39, 0.29) is 0 Å². The monoisotopic (exact) mass is 313 g/mol. The van der Waals surface area contributed by atoms with E-state index in [1.54, 1.807) is 29.3 Å². The first-order chi connectivity index (χ1) is 10.3. The fourth-order valence-corrected chi connectivity index (χ4v) is 3.60. The van der Waals surface area contributed by atoms with Crippen molar-refractivity contribution in [3.05, 3.63) is 66.0 Å². The number of anilines is 2. The van der Waals surface area contributed by atoms with Crippen LogP contribution in [0.25, 0.3) is 0 Å². The van der Waals surface area contributed by atoms with Gasteiger partial charge in [0.15, 0.2) is 5.13 Å². The van der Waals surface area contributed by atoms with Crippen molar-refractivity contribution < 1.29 is 0 Å². The summed E-state index contributed by atoms with van der Waals surface area (Å²) >= 11 is 3.46. The Balaban J connectivity index is 1.59. The van der Waals surface area contributed by atoms with Gasteiger partial charge in [-0.3, -0.25) is 0 Å². The molecular formula is C16H15N3S2. The molecule has 21 heavy (non-hydrogen) atoms. The maximum absolute atomic E-state index is 4.38. The van der Waals surface area contributed by atoms with Crippen LogP contribution < -0.4 is 5.32 Å². The molecule has 3 rings (SSSR count). The first-order valence-electron chi connectivity index (χ1n) is 6.62. The fraction of sp³-hybridized carbons (Fsp3) is 0.125. The molecule has 0 saturated heterocycles. The number of benzene rings is 1. The molecular weight excluding hydrogens is 298 g/mol. The summed E-state index contributed by atoms with van der Waals surface area (Å²) in [6.45, 7) is 2.11. The summed E-state index contributed by atoms with van der Waals surface area (Å²) in [5.74, 6) is 1.79. The lowest BCUT2D eigenvalue weighted by Crippen LogP contribution is -1.90. The van der Waals surface area contributed by atoms with Gasteiger partial charge in [-0.1, -0.05) is 47.2 Å². The number of rotatable bonds is 5. The zero-order chi connectivity index (χ0) is 14.5. The number of nitrogens with zero attached hydrogens (tertiary/aromatic N) is 2. The van der Waals surface area contributed by atoms with E-state index in [2.05, 4.69) is 46.5 Å². The molecule has 0 aliphatic carbocycles. The van der Waals surface area contributed by atoms with Crippen molar-refractivity contribution >= 4 is 34.0 Å². The summed E-state index contributed by atoms with van der Waals surface area (Å²) in [4.78, 5) is 8.62. The van der Waals surface area contributed by atoms with E-state index in [9.17, 15) is 0 Å². The second-order valence-corrected chi connectivity index (χ2v) is 6.90. The zero-order valence-electron chi connectivity index (χ0n) is 11.6. The average molecular weight is 313 g/mol. The van der Waals surface area contributed by atoms with Gasteiger partial charge in [0.05, 0.1) is 10.4 Å². The second kappa shape index (κ2) is 6.74. The summed E-state index contributed by atoms with van der Waals surface area (Å²) in [6, 6.07) is 14.4. The number of aromatic nitrogens is 2. The molecule has 106 valence electrons. The molecule has 1 aromatic carbocycles. The van der Waals surface area contributed by atoms with E-state index < -0.39 is 0 Å². The van der Waals surface area contributed by atoms with Crippen molar-refractivity contribution in [3.63, 3.8) is 0 Å². The van der Waals surface area contributed by atoms with E-state index in [1.165, 1.54) is 15.3 Å². The minimum Gasteiger partial charge on any atom is -0.316 e. The lowest BCUT2D eigenvalue weighted by molar-refractivity contribution is 1.28. The highest BCUT2D eigenvalue weighted by atomic mass is 32.2. The van der Waals surface area contributed by atoms with Crippen LogP contribution >= 0.6 is 23.1 Å². The maximum Gasteiger partial charge on any atom is 0.189 e. The Morgan fingerprint density at radius 2 is 1.95 bits per heavy atom. The van der Waals surface area contributed by atoms with Crippen molar-refractivity contribution in [2.75, 3.05) is 5.32 Å². The molecule has 0 bridgehead atoms. The fourth-order valence-electron chi connectivity index (χ4n) is 1.77. The summed E-state index contributed by atoms with van der Waals surface area (Å²) < 4.78 is 1.20. The van der Waals surface area contributed by atoms with Crippen LogP contribution in [0.15, 0.2) is 59.1 Å². The van der Waals surface area contributed by atoms with E-state index in [4.69, 9.17) is 0 Å². The van der Waals surface area contributed by atoms with Crippen LogP contribution in [0.5, 0.6) is 0 Å². The molecule has 2 aromatic heterocycles. The van der Waals surface area contributed by atoms with Crippen LogP contribution in [0.3, 0.4) is 0 Å². The molecule has 0 spiro atoms. The first kappa shape index (κ1) is 14.1. The van der Waals surface area contributed by atoms with E-state index in [0.29, 0.717) is 0 Å². The molecule has 0 aliphatic rings. The molecule has 3 aromatic rings. The third-order valence-electron chi connectivity index (χ3n) is 2.89. The highest BCUT2D eigenvalue weighted by Gasteiger charge is 2.04. The van der Waals surface area contributed by atoms with Crippen LogP contribution in [0, 0.1) is 6.92 Å². The molecule has 0 unspecified atom stereocenters. The Morgan fingerprint density at radius 3 is 2.71 bits per heavy atom.